The number of rotatable bonds is 3. The van der Waals surface area contributed by atoms with Crippen LogP contribution in [0.2, 0.25) is 0 Å². The third-order valence-electron chi connectivity index (χ3n) is 2.94. The van der Waals surface area contributed by atoms with Crippen molar-refractivity contribution in [3.05, 3.63) is 91.0 Å². The topological polar surface area (TPSA) is 0 Å². The van der Waals surface area contributed by atoms with E-state index in [2.05, 4.69) is 91.0 Å². The Kier molecular flexibility index (Phi) is 5.56. The average Bonchev–Trinajstić information content (AvgIpc) is 2.51. The van der Waals surface area contributed by atoms with Crippen molar-refractivity contribution in [3.8, 4) is 0 Å². The summed E-state index contributed by atoms with van der Waals surface area (Å²) >= 11 is -1.15. The Hall–Kier alpha value is -1.39. The standard InChI is InChI=1S/C18H15Se.H3P/c1-4-10-16(11-5-1)19(17-12-6-2-7-13-17)18-14-8-3-9-15-18;/h1-15H;1H3. The molecule has 1 unspecified atom stereocenters. The normalized spacial score (nSPS) is 10.1. The molecule has 0 aromatic heterocycles. The van der Waals surface area contributed by atoms with E-state index in [1.54, 1.807) is 0 Å². The molecule has 1 radical (unpaired) electrons. The van der Waals surface area contributed by atoms with E-state index in [9.17, 15) is 0 Å². The van der Waals surface area contributed by atoms with E-state index >= 15 is 0 Å². The Morgan fingerprint density at radius 3 is 0.900 bits per heavy atom. The molecule has 0 nitrogen and oxygen atoms in total. The Morgan fingerprint density at radius 1 is 0.400 bits per heavy atom. The predicted molar refractivity (Wildman–Crippen MR) is 95.1 cm³/mol. The van der Waals surface area contributed by atoms with Crippen LogP contribution in [-0.4, -0.2) is 13.9 Å². The Labute approximate surface area is 128 Å². The summed E-state index contributed by atoms with van der Waals surface area (Å²) in [6.07, 6.45) is 0. The fourth-order valence-electron chi connectivity index (χ4n) is 2.08. The van der Waals surface area contributed by atoms with Crippen LogP contribution in [0.1, 0.15) is 0 Å². The molecule has 2 heteroatoms. The molecule has 0 fully saturated rings. The maximum atomic E-state index is 2.25. The van der Waals surface area contributed by atoms with E-state index in [0.717, 1.165) is 0 Å². The molecule has 101 valence electrons. The third kappa shape index (κ3) is 3.38. The fraction of sp³-hybridized carbons (Fsp3) is 0. The second-order valence-corrected chi connectivity index (χ2v) is 8.50. The minimum absolute atomic E-state index is 0. The van der Waals surface area contributed by atoms with Gasteiger partial charge in [-0.15, -0.1) is 0 Å². The summed E-state index contributed by atoms with van der Waals surface area (Å²) in [7, 11) is 0. The van der Waals surface area contributed by atoms with Crippen LogP contribution in [0.4, 0.5) is 0 Å². The molecule has 0 heterocycles. The molecule has 0 aliphatic carbocycles. The SMILES string of the molecule is P.c1ccc([Se](c2ccccc2)c2ccccc2)cc1. The zero-order chi connectivity index (χ0) is 12.9. The quantitative estimate of drug-likeness (QED) is 0.505. The van der Waals surface area contributed by atoms with Crippen molar-refractivity contribution in [2.45, 2.75) is 0 Å². The molecular formula is C18H18PSe. The average molecular weight is 344 g/mol. The van der Waals surface area contributed by atoms with Crippen LogP contribution < -0.4 is 13.4 Å². The van der Waals surface area contributed by atoms with Gasteiger partial charge in [-0.2, -0.15) is 9.90 Å². The molecule has 0 saturated heterocycles. The molecule has 3 aromatic rings. The maximum absolute atomic E-state index is 2.25. The second kappa shape index (κ2) is 7.41. The van der Waals surface area contributed by atoms with Crippen LogP contribution in [0.3, 0.4) is 0 Å². The third-order valence-corrected chi connectivity index (χ3v) is 7.62. The Balaban J connectivity index is 0.00000147. The van der Waals surface area contributed by atoms with Crippen molar-refractivity contribution in [2.75, 3.05) is 0 Å². The predicted octanol–water partition coefficient (Wildman–Crippen LogP) is 2.26. The zero-order valence-electron chi connectivity index (χ0n) is 11.3. The molecule has 3 aromatic carbocycles. The first kappa shape index (κ1) is 15.0. The first-order valence-corrected chi connectivity index (χ1v) is 8.91. The van der Waals surface area contributed by atoms with Gasteiger partial charge >= 0.3 is 118 Å². The van der Waals surface area contributed by atoms with Crippen molar-refractivity contribution in [3.63, 3.8) is 0 Å². The first-order valence-electron chi connectivity index (χ1n) is 6.34. The molecule has 0 bridgehead atoms. The summed E-state index contributed by atoms with van der Waals surface area (Å²) in [6.45, 7) is 0. The summed E-state index contributed by atoms with van der Waals surface area (Å²) in [4.78, 5) is 0. The van der Waals surface area contributed by atoms with Gasteiger partial charge < -0.3 is 0 Å². The summed E-state index contributed by atoms with van der Waals surface area (Å²) in [5, 5.41) is 0. The molecule has 20 heavy (non-hydrogen) atoms. The van der Waals surface area contributed by atoms with E-state index in [-0.39, 0.29) is 9.90 Å². The zero-order valence-corrected chi connectivity index (χ0v) is 14.4. The monoisotopic (exact) mass is 345 g/mol. The van der Waals surface area contributed by atoms with E-state index in [4.69, 9.17) is 0 Å². The van der Waals surface area contributed by atoms with Gasteiger partial charge in [-0.1, -0.05) is 0 Å². The van der Waals surface area contributed by atoms with Crippen LogP contribution >= 0.6 is 9.90 Å². The summed E-state index contributed by atoms with van der Waals surface area (Å²) in [5.41, 5.74) is 0. The van der Waals surface area contributed by atoms with Crippen molar-refractivity contribution >= 4 is 37.2 Å². The van der Waals surface area contributed by atoms with Crippen LogP contribution in [-0.2, 0) is 0 Å². The first-order chi connectivity index (χ1) is 9.45. The second-order valence-electron chi connectivity index (χ2n) is 4.25. The van der Waals surface area contributed by atoms with E-state index < -0.39 is 13.9 Å². The van der Waals surface area contributed by atoms with Gasteiger partial charge in [0.1, 0.15) is 0 Å². The Bertz CT molecular complexity index is 529. The van der Waals surface area contributed by atoms with Gasteiger partial charge in [0.2, 0.25) is 0 Å². The van der Waals surface area contributed by atoms with Crippen molar-refractivity contribution in [1.29, 1.82) is 0 Å². The molecular weight excluding hydrogens is 326 g/mol. The van der Waals surface area contributed by atoms with Crippen molar-refractivity contribution in [2.24, 2.45) is 0 Å². The molecule has 0 N–H and O–H groups in total. The van der Waals surface area contributed by atoms with Crippen LogP contribution in [0, 0.1) is 0 Å². The summed E-state index contributed by atoms with van der Waals surface area (Å²) in [6, 6.07) is 32.6. The van der Waals surface area contributed by atoms with E-state index in [1.807, 2.05) is 0 Å². The van der Waals surface area contributed by atoms with Gasteiger partial charge in [0.25, 0.3) is 0 Å². The van der Waals surface area contributed by atoms with Crippen LogP contribution in [0.5, 0.6) is 0 Å². The minimum atomic E-state index is -1.15. The van der Waals surface area contributed by atoms with Gasteiger partial charge in [-0.3, -0.25) is 0 Å². The number of hydrogen-bond donors (Lipinski definition) is 0. The molecule has 3 rings (SSSR count). The van der Waals surface area contributed by atoms with Gasteiger partial charge in [-0.25, -0.2) is 0 Å². The fourth-order valence-corrected chi connectivity index (χ4v) is 6.49. The van der Waals surface area contributed by atoms with Gasteiger partial charge in [0.15, 0.2) is 0 Å². The van der Waals surface area contributed by atoms with Gasteiger partial charge in [0, 0.05) is 0 Å². The van der Waals surface area contributed by atoms with Crippen LogP contribution in [0.25, 0.3) is 0 Å². The van der Waals surface area contributed by atoms with E-state index in [0.29, 0.717) is 0 Å². The number of benzene rings is 3. The van der Waals surface area contributed by atoms with E-state index in [1.165, 1.54) is 13.4 Å². The summed E-state index contributed by atoms with van der Waals surface area (Å²) in [5.74, 6) is 0. The molecule has 0 aliphatic rings. The van der Waals surface area contributed by atoms with Gasteiger partial charge in [0.05, 0.1) is 0 Å². The number of hydrogen-bond acceptors (Lipinski definition) is 0. The van der Waals surface area contributed by atoms with Crippen LogP contribution in [0.15, 0.2) is 91.0 Å². The molecule has 1 atom stereocenters. The molecule has 0 saturated carbocycles. The molecule has 0 spiro atoms. The molecule has 0 amide bonds. The van der Waals surface area contributed by atoms with Crippen molar-refractivity contribution < 1.29 is 0 Å². The Morgan fingerprint density at radius 2 is 0.650 bits per heavy atom. The summed E-state index contributed by atoms with van der Waals surface area (Å²) < 4.78 is 4.37. The molecule has 0 aliphatic heterocycles. The van der Waals surface area contributed by atoms with Gasteiger partial charge in [-0.05, 0) is 0 Å². The van der Waals surface area contributed by atoms with Crippen molar-refractivity contribution in [1.82, 2.24) is 0 Å².